The van der Waals surface area contributed by atoms with E-state index in [4.69, 9.17) is 9.40 Å². The Kier molecular flexibility index (Phi) is 5.72. The van der Waals surface area contributed by atoms with Gasteiger partial charge in [-0.2, -0.15) is 5.10 Å². The van der Waals surface area contributed by atoms with Gasteiger partial charge in [0.25, 0.3) is 5.91 Å². The minimum atomic E-state index is 0.0220. The number of nitrogens with zero attached hydrogens (tertiary/aromatic N) is 5. The number of hydrogen-bond donors (Lipinski definition) is 0. The highest BCUT2D eigenvalue weighted by Gasteiger charge is 2.26. The molecule has 33 heavy (non-hydrogen) atoms. The zero-order chi connectivity index (χ0) is 22.9. The van der Waals surface area contributed by atoms with Crippen LogP contribution in [0.15, 0.2) is 59.3 Å². The summed E-state index contributed by atoms with van der Waals surface area (Å²) in [5.41, 5.74) is 4.58. The maximum atomic E-state index is 13.6. The second-order valence-corrected chi connectivity index (χ2v) is 9.01. The van der Waals surface area contributed by atoms with Gasteiger partial charge in [-0.3, -0.25) is 9.69 Å². The molecule has 5 rings (SSSR count). The molecule has 3 aromatic heterocycles. The number of aryl methyl sites for hydroxylation is 1. The van der Waals surface area contributed by atoms with Gasteiger partial charge in [0.2, 0.25) is 0 Å². The van der Waals surface area contributed by atoms with E-state index in [0.717, 1.165) is 25.0 Å². The lowest BCUT2D eigenvalue weighted by Gasteiger charge is -2.35. The van der Waals surface area contributed by atoms with Crippen molar-refractivity contribution in [2.45, 2.75) is 33.4 Å². The van der Waals surface area contributed by atoms with Gasteiger partial charge in [0, 0.05) is 38.8 Å². The van der Waals surface area contributed by atoms with Crippen LogP contribution < -0.4 is 0 Å². The quantitative estimate of drug-likeness (QED) is 0.453. The number of furan rings is 1. The second kappa shape index (κ2) is 8.83. The monoisotopic (exact) mass is 443 g/mol. The Bertz CT molecular complexity index is 1270. The first kappa shape index (κ1) is 21.4. The fourth-order valence-electron chi connectivity index (χ4n) is 4.47. The van der Waals surface area contributed by atoms with Gasteiger partial charge >= 0.3 is 0 Å². The van der Waals surface area contributed by atoms with Crippen molar-refractivity contribution in [3.05, 3.63) is 71.6 Å². The van der Waals surface area contributed by atoms with E-state index in [-0.39, 0.29) is 11.9 Å². The van der Waals surface area contributed by atoms with Crippen LogP contribution in [0.3, 0.4) is 0 Å². The van der Waals surface area contributed by atoms with Gasteiger partial charge in [0.15, 0.2) is 11.4 Å². The summed E-state index contributed by atoms with van der Waals surface area (Å²) in [4.78, 5) is 22.8. The van der Waals surface area contributed by atoms with Gasteiger partial charge in [0.1, 0.15) is 5.69 Å². The molecule has 0 N–H and O–H groups in total. The molecule has 1 saturated heterocycles. The van der Waals surface area contributed by atoms with E-state index in [1.54, 1.807) is 12.5 Å². The van der Waals surface area contributed by atoms with Gasteiger partial charge in [0.05, 0.1) is 23.4 Å². The third-order valence-corrected chi connectivity index (χ3v) is 6.21. The fourth-order valence-corrected chi connectivity index (χ4v) is 4.47. The lowest BCUT2D eigenvalue weighted by Crippen LogP contribution is -2.48. The van der Waals surface area contributed by atoms with E-state index in [9.17, 15) is 4.79 Å². The predicted octanol–water partition coefficient (Wildman–Crippen LogP) is 4.54. The summed E-state index contributed by atoms with van der Waals surface area (Å²) in [6, 6.07) is 14.3. The van der Waals surface area contributed by atoms with Crippen molar-refractivity contribution in [1.82, 2.24) is 24.6 Å². The average molecular weight is 444 g/mol. The van der Waals surface area contributed by atoms with Crippen LogP contribution in [0, 0.1) is 6.92 Å². The molecular formula is C26H29N5O2. The Hall–Kier alpha value is -3.45. The molecule has 1 amide bonds. The summed E-state index contributed by atoms with van der Waals surface area (Å²) in [6.07, 6.45) is 3.38. The normalized spacial score (nSPS) is 15.0. The molecule has 1 aromatic carbocycles. The van der Waals surface area contributed by atoms with E-state index in [1.807, 2.05) is 27.8 Å². The summed E-state index contributed by atoms with van der Waals surface area (Å²) >= 11 is 0. The highest BCUT2D eigenvalue weighted by Crippen LogP contribution is 2.28. The highest BCUT2D eigenvalue weighted by molar-refractivity contribution is 6.06. The fraction of sp³-hybridized carbons (Fsp3) is 0.346. The van der Waals surface area contributed by atoms with Crippen molar-refractivity contribution in [3.63, 3.8) is 0 Å². The van der Waals surface area contributed by atoms with Crippen LogP contribution in [0.5, 0.6) is 0 Å². The van der Waals surface area contributed by atoms with E-state index in [2.05, 4.69) is 55.0 Å². The number of rotatable bonds is 5. The standard InChI is InChI=1S/C26H29N5O2/c1-18(2)31-25-22(16-27-31)21(15-23(28-25)24-8-5-13-33-24)26(32)30-11-9-29(10-12-30)17-20-7-4-6-19(3)14-20/h4-8,13-16,18H,9-12,17H2,1-3H3. The molecule has 0 radical (unpaired) electrons. The molecule has 7 heteroatoms. The number of piperazine rings is 1. The van der Waals surface area contributed by atoms with E-state index in [1.165, 1.54) is 11.1 Å². The zero-order valence-corrected chi connectivity index (χ0v) is 19.4. The molecule has 170 valence electrons. The van der Waals surface area contributed by atoms with Crippen molar-refractivity contribution in [1.29, 1.82) is 0 Å². The SMILES string of the molecule is Cc1cccc(CN2CCN(C(=O)c3cc(-c4ccco4)nc4c3cnn4C(C)C)CC2)c1. The number of pyridine rings is 1. The molecule has 0 unspecified atom stereocenters. The minimum absolute atomic E-state index is 0.0220. The molecule has 0 saturated carbocycles. The van der Waals surface area contributed by atoms with Gasteiger partial charge < -0.3 is 9.32 Å². The van der Waals surface area contributed by atoms with Crippen molar-refractivity contribution in [2.24, 2.45) is 0 Å². The molecule has 4 aromatic rings. The van der Waals surface area contributed by atoms with Crippen LogP contribution >= 0.6 is 0 Å². The lowest BCUT2D eigenvalue weighted by molar-refractivity contribution is 0.0630. The molecule has 0 spiro atoms. The maximum absolute atomic E-state index is 13.6. The van der Waals surface area contributed by atoms with Crippen LogP contribution in [0.25, 0.3) is 22.5 Å². The van der Waals surface area contributed by atoms with Gasteiger partial charge in [-0.15, -0.1) is 0 Å². The molecule has 7 nitrogen and oxygen atoms in total. The van der Waals surface area contributed by atoms with Crippen LogP contribution in [-0.4, -0.2) is 56.7 Å². The Morgan fingerprint density at radius 2 is 1.91 bits per heavy atom. The van der Waals surface area contributed by atoms with E-state index < -0.39 is 0 Å². The predicted molar refractivity (Wildman–Crippen MR) is 128 cm³/mol. The molecule has 0 atom stereocenters. The van der Waals surface area contributed by atoms with Gasteiger partial charge in [-0.25, -0.2) is 9.67 Å². The topological polar surface area (TPSA) is 67.4 Å². The summed E-state index contributed by atoms with van der Waals surface area (Å²) in [5.74, 6) is 0.666. The molecule has 4 heterocycles. The third-order valence-electron chi connectivity index (χ3n) is 6.21. The van der Waals surface area contributed by atoms with Crippen molar-refractivity contribution in [2.75, 3.05) is 26.2 Å². The molecule has 1 fully saturated rings. The third kappa shape index (κ3) is 4.28. The lowest BCUT2D eigenvalue weighted by atomic mass is 10.1. The van der Waals surface area contributed by atoms with Crippen LogP contribution in [0.2, 0.25) is 0 Å². The summed E-state index contributed by atoms with van der Waals surface area (Å²) in [7, 11) is 0. The Labute approximate surface area is 193 Å². The number of aromatic nitrogens is 3. The second-order valence-electron chi connectivity index (χ2n) is 9.01. The van der Waals surface area contributed by atoms with Crippen molar-refractivity contribution in [3.8, 4) is 11.5 Å². The van der Waals surface area contributed by atoms with E-state index in [0.29, 0.717) is 35.8 Å². The van der Waals surface area contributed by atoms with Gasteiger partial charge in [-0.05, 0) is 44.5 Å². The Morgan fingerprint density at radius 3 is 2.61 bits per heavy atom. The smallest absolute Gasteiger partial charge is 0.254 e. The summed E-state index contributed by atoms with van der Waals surface area (Å²) in [6.45, 7) is 10.2. The van der Waals surface area contributed by atoms with Gasteiger partial charge in [-0.1, -0.05) is 29.8 Å². The molecule has 1 aliphatic heterocycles. The number of benzene rings is 1. The Morgan fingerprint density at radius 1 is 1.09 bits per heavy atom. The Balaban J connectivity index is 1.39. The molecule has 0 bridgehead atoms. The zero-order valence-electron chi connectivity index (χ0n) is 19.4. The largest absolute Gasteiger partial charge is 0.463 e. The summed E-state index contributed by atoms with van der Waals surface area (Å²) < 4.78 is 7.44. The van der Waals surface area contributed by atoms with Crippen LogP contribution in [0.1, 0.15) is 41.4 Å². The maximum Gasteiger partial charge on any atom is 0.254 e. The number of carbonyl (C=O) groups excluding carboxylic acids is 1. The molecule has 0 aliphatic carbocycles. The number of fused-ring (bicyclic) bond motifs is 1. The van der Waals surface area contributed by atoms with Crippen molar-refractivity contribution < 1.29 is 9.21 Å². The number of carbonyl (C=O) groups is 1. The first-order valence-corrected chi connectivity index (χ1v) is 11.5. The minimum Gasteiger partial charge on any atom is -0.463 e. The van der Waals surface area contributed by atoms with E-state index >= 15 is 0 Å². The van der Waals surface area contributed by atoms with Crippen molar-refractivity contribution >= 4 is 16.9 Å². The highest BCUT2D eigenvalue weighted by atomic mass is 16.3. The van der Waals surface area contributed by atoms with Crippen LogP contribution in [-0.2, 0) is 6.54 Å². The number of hydrogen-bond acceptors (Lipinski definition) is 5. The van der Waals surface area contributed by atoms with Crippen LogP contribution in [0.4, 0.5) is 0 Å². The average Bonchev–Trinajstić information content (AvgIpc) is 3.49. The first-order valence-electron chi connectivity index (χ1n) is 11.5. The molecular weight excluding hydrogens is 414 g/mol. The number of amides is 1. The molecule has 1 aliphatic rings. The first-order chi connectivity index (χ1) is 16.0. The summed E-state index contributed by atoms with van der Waals surface area (Å²) in [5, 5.41) is 5.30.